The maximum absolute atomic E-state index is 12.0. The van der Waals surface area contributed by atoms with Crippen molar-refractivity contribution < 1.29 is 8.42 Å². The van der Waals surface area contributed by atoms with E-state index in [1.165, 1.54) is 0 Å². The van der Waals surface area contributed by atoms with Crippen LogP contribution in [0.25, 0.3) is 0 Å². The van der Waals surface area contributed by atoms with Crippen LogP contribution in [0.2, 0.25) is 0 Å². The fraction of sp³-hybridized carbons (Fsp3) is 1.00. The molecule has 1 heterocycles. The van der Waals surface area contributed by atoms with Crippen molar-refractivity contribution in [2.75, 3.05) is 39.0 Å². The summed E-state index contributed by atoms with van der Waals surface area (Å²) in [6, 6.07) is 0.493. The lowest BCUT2D eigenvalue weighted by atomic mass is 10.0. The Bertz CT molecular complexity index is 340. The first kappa shape index (κ1) is 16.9. The van der Waals surface area contributed by atoms with Crippen molar-refractivity contribution in [2.45, 2.75) is 39.2 Å². The molecule has 0 aromatic rings. The first-order chi connectivity index (χ1) is 8.94. The largest absolute Gasteiger partial charge is 0.316 e. The first-order valence-corrected chi connectivity index (χ1v) is 8.98. The highest BCUT2D eigenvalue weighted by molar-refractivity contribution is 7.89. The van der Waals surface area contributed by atoms with Gasteiger partial charge in [-0.2, -0.15) is 0 Å². The zero-order valence-electron chi connectivity index (χ0n) is 12.5. The molecule has 1 aliphatic heterocycles. The van der Waals surface area contributed by atoms with Gasteiger partial charge in [-0.05, 0) is 52.2 Å². The topological polar surface area (TPSA) is 61.4 Å². The van der Waals surface area contributed by atoms with Gasteiger partial charge in [-0.1, -0.05) is 6.92 Å². The molecule has 0 amide bonds. The van der Waals surface area contributed by atoms with Crippen molar-refractivity contribution in [2.24, 2.45) is 5.92 Å². The van der Waals surface area contributed by atoms with Gasteiger partial charge in [0.05, 0.1) is 5.75 Å². The van der Waals surface area contributed by atoms with E-state index in [0.29, 0.717) is 12.6 Å². The molecular formula is C13H29N3O2S. The SMILES string of the molecule is CCC(C)N(C)CCNS(=O)(=O)CC1CCCNC1. The summed E-state index contributed by atoms with van der Waals surface area (Å²) in [4.78, 5) is 2.19. The molecule has 19 heavy (non-hydrogen) atoms. The van der Waals surface area contributed by atoms with Crippen LogP contribution in [0.5, 0.6) is 0 Å². The summed E-state index contributed by atoms with van der Waals surface area (Å²) >= 11 is 0. The summed E-state index contributed by atoms with van der Waals surface area (Å²) in [6.07, 6.45) is 3.18. The molecule has 2 N–H and O–H groups in total. The number of hydrogen-bond donors (Lipinski definition) is 2. The third-order valence-electron chi connectivity index (χ3n) is 3.98. The molecule has 1 saturated heterocycles. The minimum Gasteiger partial charge on any atom is -0.316 e. The Balaban J connectivity index is 2.26. The van der Waals surface area contributed by atoms with Crippen LogP contribution in [0, 0.1) is 5.92 Å². The number of likely N-dealkylation sites (N-methyl/N-ethyl adjacent to an activating group) is 1. The molecule has 1 aliphatic rings. The molecule has 2 unspecified atom stereocenters. The van der Waals surface area contributed by atoms with Gasteiger partial charge in [-0.15, -0.1) is 0 Å². The summed E-state index contributed by atoms with van der Waals surface area (Å²) in [6.45, 7) is 7.40. The molecule has 114 valence electrons. The van der Waals surface area contributed by atoms with Crippen molar-refractivity contribution in [1.29, 1.82) is 0 Å². The van der Waals surface area contributed by atoms with Crippen molar-refractivity contribution in [3.05, 3.63) is 0 Å². The van der Waals surface area contributed by atoms with Crippen LogP contribution in [-0.2, 0) is 10.0 Å². The van der Waals surface area contributed by atoms with Crippen molar-refractivity contribution in [3.8, 4) is 0 Å². The molecule has 0 bridgehead atoms. The maximum Gasteiger partial charge on any atom is 0.211 e. The predicted octanol–water partition coefficient (Wildman–Crippen LogP) is 0.636. The molecule has 0 radical (unpaired) electrons. The molecular weight excluding hydrogens is 262 g/mol. The second kappa shape index (κ2) is 8.19. The summed E-state index contributed by atoms with van der Waals surface area (Å²) in [5, 5.41) is 3.25. The second-order valence-electron chi connectivity index (χ2n) is 5.63. The Morgan fingerprint density at radius 2 is 2.21 bits per heavy atom. The Morgan fingerprint density at radius 3 is 2.79 bits per heavy atom. The van der Waals surface area contributed by atoms with Gasteiger partial charge in [-0.3, -0.25) is 0 Å². The zero-order chi connectivity index (χ0) is 14.3. The summed E-state index contributed by atoms with van der Waals surface area (Å²) in [7, 11) is -1.09. The van der Waals surface area contributed by atoms with Crippen molar-refractivity contribution in [1.82, 2.24) is 14.9 Å². The number of rotatable bonds is 8. The third-order valence-corrected chi connectivity index (χ3v) is 5.54. The zero-order valence-corrected chi connectivity index (χ0v) is 13.3. The highest BCUT2D eigenvalue weighted by Crippen LogP contribution is 2.11. The van der Waals surface area contributed by atoms with E-state index in [1.807, 2.05) is 7.05 Å². The lowest BCUT2D eigenvalue weighted by molar-refractivity contribution is 0.256. The van der Waals surface area contributed by atoms with Crippen molar-refractivity contribution >= 4 is 10.0 Å². The molecule has 1 rings (SSSR count). The fourth-order valence-corrected chi connectivity index (χ4v) is 3.77. The first-order valence-electron chi connectivity index (χ1n) is 7.33. The Kier molecular flexibility index (Phi) is 7.28. The summed E-state index contributed by atoms with van der Waals surface area (Å²) in [5.41, 5.74) is 0. The smallest absolute Gasteiger partial charge is 0.211 e. The number of sulfonamides is 1. The molecule has 6 heteroatoms. The number of nitrogens with one attached hydrogen (secondary N) is 2. The van der Waals surface area contributed by atoms with E-state index in [-0.39, 0.29) is 11.7 Å². The minimum atomic E-state index is -3.13. The van der Waals surface area contributed by atoms with Crippen LogP contribution in [0.1, 0.15) is 33.1 Å². The number of piperidine rings is 1. The van der Waals surface area contributed by atoms with Gasteiger partial charge in [-0.25, -0.2) is 13.1 Å². The van der Waals surface area contributed by atoms with Gasteiger partial charge in [0.2, 0.25) is 10.0 Å². The highest BCUT2D eigenvalue weighted by atomic mass is 32.2. The van der Waals surface area contributed by atoms with E-state index in [0.717, 1.165) is 38.9 Å². The Hall–Kier alpha value is -0.170. The van der Waals surface area contributed by atoms with E-state index in [1.54, 1.807) is 0 Å². The van der Waals surface area contributed by atoms with Gasteiger partial charge < -0.3 is 10.2 Å². The quantitative estimate of drug-likeness (QED) is 0.689. The molecule has 0 aromatic heterocycles. The lowest BCUT2D eigenvalue weighted by Gasteiger charge is -2.24. The average molecular weight is 291 g/mol. The van der Waals surface area contributed by atoms with Gasteiger partial charge in [0, 0.05) is 19.1 Å². The van der Waals surface area contributed by atoms with E-state index in [4.69, 9.17) is 0 Å². The van der Waals surface area contributed by atoms with Gasteiger partial charge in [0.25, 0.3) is 0 Å². The normalized spacial score (nSPS) is 22.6. The maximum atomic E-state index is 12.0. The molecule has 1 fully saturated rings. The number of nitrogens with zero attached hydrogens (tertiary/aromatic N) is 1. The van der Waals surface area contributed by atoms with E-state index in [2.05, 4.69) is 28.8 Å². The van der Waals surface area contributed by atoms with E-state index < -0.39 is 10.0 Å². The van der Waals surface area contributed by atoms with Gasteiger partial charge in [0.15, 0.2) is 0 Å². The second-order valence-corrected chi connectivity index (χ2v) is 7.48. The standard InChI is InChI=1S/C13H29N3O2S/c1-4-12(2)16(3)9-8-15-19(17,18)11-13-6-5-7-14-10-13/h12-15H,4-11H2,1-3H3. The van der Waals surface area contributed by atoms with E-state index >= 15 is 0 Å². The molecule has 2 atom stereocenters. The van der Waals surface area contributed by atoms with E-state index in [9.17, 15) is 8.42 Å². The molecule has 0 aliphatic carbocycles. The van der Waals surface area contributed by atoms with Gasteiger partial charge in [0.1, 0.15) is 0 Å². The van der Waals surface area contributed by atoms with Crippen LogP contribution < -0.4 is 10.0 Å². The predicted molar refractivity (Wildman–Crippen MR) is 79.8 cm³/mol. The minimum absolute atomic E-state index is 0.257. The van der Waals surface area contributed by atoms with Crippen molar-refractivity contribution in [3.63, 3.8) is 0 Å². The average Bonchev–Trinajstić information content (AvgIpc) is 2.38. The molecule has 5 nitrogen and oxygen atoms in total. The van der Waals surface area contributed by atoms with Gasteiger partial charge >= 0.3 is 0 Å². The fourth-order valence-electron chi connectivity index (χ4n) is 2.35. The third kappa shape index (κ3) is 6.70. The Morgan fingerprint density at radius 1 is 1.47 bits per heavy atom. The molecule has 0 aromatic carbocycles. The monoisotopic (exact) mass is 291 g/mol. The van der Waals surface area contributed by atoms with Crippen LogP contribution in [0.4, 0.5) is 0 Å². The van der Waals surface area contributed by atoms with Crippen LogP contribution >= 0.6 is 0 Å². The van der Waals surface area contributed by atoms with Crippen LogP contribution in [-0.4, -0.2) is 58.3 Å². The molecule has 0 saturated carbocycles. The number of hydrogen-bond acceptors (Lipinski definition) is 4. The lowest BCUT2D eigenvalue weighted by Crippen LogP contribution is -2.41. The highest BCUT2D eigenvalue weighted by Gasteiger charge is 2.20. The summed E-state index contributed by atoms with van der Waals surface area (Å²) in [5.74, 6) is 0.520. The van der Waals surface area contributed by atoms with Crippen LogP contribution in [0.3, 0.4) is 0 Å². The molecule has 0 spiro atoms. The van der Waals surface area contributed by atoms with Crippen LogP contribution in [0.15, 0.2) is 0 Å². The summed E-state index contributed by atoms with van der Waals surface area (Å²) < 4.78 is 26.6. The Labute approximate surface area is 118 Å².